The van der Waals surface area contributed by atoms with Gasteiger partial charge in [0.25, 0.3) is 5.91 Å². The van der Waals surface area contributed by atoms with Gasteiger partial charge in [0.1, 0.15) is 12.4 Å². The van der Waals surface area contributed by atoms with Gasteiger partial charge in [-0.1, -0.05) is 23.7 Å². The SMILES string of the molecule is CC[NH+](CC(=O)Nc1cc(Cl)ccc1F)Cc1ccc(N(C)C)cc1. The van der Waals surface area contributed by atoms with Crippen LogP contribution < -0.4 is 15.1 Å². The summed E-state index contributed by atoms with van der Waals surface area (Å²) in [5.74, 6) is -0.724. The number of nitrogens with zero attached hydrogens (tertiary/aromatic N) is 1. The monoisotopic (exact) mass is 364 g/mol. The molecular weight excluding hydrogens is 341 g/mol. The van der Waals surface area contributed by atoms with Gasteiger partial charge < -0.3 is 15.1 Å². The number of amides is 1. The van der Waals surface area contributed by atoms with Crippen molar-refractivity contribution in [3.63, 3.8) is 0 Å². The van der Waals surface area contributed by atoms with E-state index in [1.807, 2.05) is 25.9 Å². The number of hydrogen-bond donors (Lipinski definition) is 2. The zero-order valence-corrected chi connectivity index (χ0v) is 15.5. The molecule has 6 heteroatoms. The molecule has 134 valence electrons. The summed E-state index contributed by atoms with van der Waals surface area (Å²) >= 11 is 5.85. The third-order valence-corrected chi connectivity index (χ3v) is 4.26. The van der Waals surface area contributed by atoms with Gasteiger partial charge in [-0.3, -0.25) is 4.79 Å². The molecule has 1 atom stereocenters. The van der Waals surface area contributed by atoms with E-state index < -0.39 is 5.82 Å². The number of carbonyl (C=O) groups excluding carboxylic acids is 1. The predicted octanol–water partition coefficient (Wildman–Crippen LogP) is 2.59. The summed E-state index contributed by atoms with van der Waals surface area (Å²) in [6.45, 7) is 3.81. The summed E-state index contributed by atoms with van der Waals surface area (Å²) in [7, 11) is 4.00. The average Bonchev–Trinajstić information content (AvgIpc) is 2.58. The molecule has 2 rings (SSSR count). The number of rotatable bonds is 7. The Morgan fingerprint density at radius 3 is 2.48 bits per heavy atom. The fraction of sp³-hybridized carbons (Fsp3) is 0.316. The van der Waals surface area contributed by atoms with Crippen LogP contribution in [-0.4, -0.2) is 33.1 Å². The lowest BCUT2D eigenvalue weighted by Crippen LogP contribution is -3.11. The zero-order valence-electron chi connectivity index (χ0n) is 14.8. The van der Waals surface area contributed by atoms with Gasteiger partial charge in [-0.05, 0) is 37.3 Å². The highest BCUT2D eigenvalue weighted by atomic mass is 35.5. The molecule has 0 spiro atoms. The Labute approximate surface area is 153 Å². The maximum absolute atomic E-state index is 13.7. The van der Waals surface area contributed by atoms with Crippen molar-refractivity contribution in [1.82, 2.24) is 0 Å². The van der Waals surface area contributed by atoms with Gasteiger partial charge in [-0.2, -0.15) is 0 Å². The minimum absolute atomic E-state index is 0.114. The van der Waals surface area contributed by atoms with Crippen molar-refractivity contribution in [1.29, 1.82) is 0 Å². The summed E-state index contributed by atoms with van der Waals surface area (Å²) in [5, 5.41) is 2.99. The molecule has 0 aliphatic carbocycles. The van der Waals surface area contributed by atoms with E-state index in [4.69, 9.17) is 11.6 Å². The molecule has 0 aromatic heterocycles. The maximum atomic E-state index is 13.7. The molecule has 0 saturated heterocycles. The summed E-state index contributed by atoms with van der Waals surface area (Å²) in [5.41, 5.74) is 2.41. The molecule has 0 aliphatic rings. The molecule has 0 bridgehead atoms. The maximum Gasteiger partial charge on any atom is 0.279 e. The summed E-state index contributed by atoms with van der Waals surface area (Å²) in [6, 6.07) is 12.4. The molecule has 0 heterocycles. The van der Waals surface area contributed by atoms with E-state index in [9.17, 15) is 9.18 Å². The Morgan fingerprint density at radius 1 is 1.20 bits per heavy atom. The van der Waals surface area contributed by atoms with Crippen molar-refractivity contribution < 1.29 is 14.1 Å². The van der Waals surface area contributed by atoms with Crippen molar-refractivity contribution in [3.05, 3.63) is 58.9 Å². The number of hydrogen-bond acceptors (Lipinski definition) is 2. The van der Waals surface area contributed by atoms with Crippen molar-refractivity contribution in [3.8, 4) is 0 Å². The number of halogens is 2. The highest BCUT2D eigenvalue weighted by Crippen LogP contribution is 2.19. The number of quaternary nitrogens is 1. The van der Waals surface area contributed by atoms with Gasteiger partial charge in [-0.15, -0.1) is 0 Å². The molecule has 25 heavy (non-hydrogen) atoms. The summed E-state index contributed by atoms with van der Waals surface area (Å²) in [4.78, 5) is 15.4. The smallest absolute Gasteiger partial charge is 0.279 e. The van der Waals surface area contributed by atoms with Crippen LogP contribution >= 0.6 is 11.6 Å². The molecule has 0 aliphatic heterocycles. The fourth-order valence-corrected chi connectivity index (χ4v) is 2.70. The lowest BCUT2D eigenvalue weighted by molar-refractivity contribution is -0.903. The van der Waals surface area contributed by atoms with Gasteiger partial charge in [0.2, 0.25) is 0 Å². The van der Waals surface area contributed by atoms with Gasteiger partial charge in [-0.25, -0.2) is 4.39 Å². The first-order chi connectivity index (χ1) is 11.9. The van der Waals surface area contributed by atoms with Crippen LogP contribution in [0.5, 0.6) is 0 Å². The molecular formula is C19H24ClFN3O+. The van der Waals surface area contributed by atoms with Gasteiger partial charge in [0.15, 0.2) is 6.54 Å². The average molecular weight is 365 g/mol. The topological polar surface area (TPSA) is 36.8 Å². The van der Waals surface area contributed by atoms with E-state index in [0.29, 0.717) is 5.02 Å². The second-order valence-electron chi connectivity index (χ2n) is 6.19. The highest BCUT2D eigenvalue weighted by molar-refractivity contribution is 6.30. The lowest BCUT2D eigenvalue weighted by Gasteiger charge is -2.18. The quantitative estimate of drug-likeness (QED) is 0.792. The van der Waals surface area contributed by atoms with Gasteiger partial charge in [0.05, 0.1) is 12.2 Å². The molecule has 0 saturated carbocycles. The fourth-order valence-electron chi connectivity index (χ4n) is 2.53. The molecule has 2 N–H and O–H groups in total. The number of anilines is 2. The third-order valence-electron chi connectivity index (χ3n) is 4.02. The molecule has 0 radical (unpaired) electrons. The van der Waals surface area contributed by atoms with Gasteiger partial charge in [0, 0.05) is 30.4 Å². The van der Waals surface area contributed by atoms with E-state index in [-0.39, 0.29) is 18.1 Å². The first-order valence-corrected chi connectivity index (χ1v) is 8.61. The van der Waals surface area contributed by atoms with E-state index in [2.05, 4.69) is 29.6 Å². The first-order valence-electron chi connectivity index (χ1n) is 8.23. The number of nitrogens with one attached hydrogen (secondary N) is 2. The molecule has 4 nitrogen and oxygen atoms in total. The van der Waals surface area contributed by atoms with Gasteiger partial charge >= 0.3 is 0 Å². The van der Waals surface area contributed by atoms with Crippen LogP contribution in [0.25, 0.3) is 0 Å². The first kappa shape index (κ1) is 19.2. The predicted molar refractivity (Wildman–Crippen MR) is 101 cm³/mol. The second kappa shape index (κ2) is 8.83. The Kier molecular flexibility index (Phi) is 6.79. The van der Waals surface area contributed by atoms with Crippen LogP contribution in [0.15, 0.2) is 42.5 Å². The van der Waals surface area contributed by atoms with Crippen LogP contribution in [-0.2, 0) is 11.3 Å². The standard InChI is InChI=1S/C19H23ClFN3O/c1-4-24(12-14-5-8-16(9-6-14)23(2)3)13-19(25)22-18-11-15(20)7-10-17(18)21/h5-11H,4,12-13H2,1-3H3,(H,22,25)/p+1. The van der Waals surface area contributed by atoms with E-state index in [0.717, 1.165) is 29.2 Å². The molecule has 2 aromatic rings. The van der Waals surface area contributed by atoms with Crippen molar-refractivity contribution in [2.24, 2.45) is 0 Å². The normalized spacial score (nSPS) is 11.9. The minimum Gasteiger partial charge on any atom is -0.378 e. The van der Waals surface area contributed by atoms with Crippen LogP contribution in [0, 0.1) is 5.82 Å². The minimum atomic E-state index is -0.491. The number of carbonyl (C=O) groups is 1. The molecule has 0 fully saturated rings. The second-order valence-corrected chi connectivity index (χ2v) is 6.63. The highest BCUT2D eigenvalue weighted by Gasteiger charge is 2.15. The Bertz CT molecular complexity index is 719. The van der Waals surface area contributed by atoms with Crippen molar-refractivity contribution in [2.45, 2.75) is 13.5 Å². The lowest BCUT2D eigenvalue weighted by atomic mass is 10.2. The van der Waals surface area contributed by atoms with Crippen molar-refractivity contribution in [2.75, 3.05) is 37.4 Å². The van der Waals surface area contributed by atoms with Crippen molar-refractivity contribution >= 4 is 28.9 Å². The summed E-state index contributed by atoms with van der Waals surface area (Å²) in [6.07, 6.45) is 0. The third kappa shape index (κ3) is 5.73. The van der Waals surface area contributed by atoms with Crippen LogP contribution in [0.3, 0.4) is 0 Å². The number of likely N-dealkylation sites (N-methyl/N-ethyl adjacent to an activating group) is 1. The van der Waals surface area contributed by atoms with Crippen LogP contribution in [0.2, 0.25) is 5.02 Å². The Balaban J connectivity index is 1.96. The van der Waals surface area contributed by atoms with Crippen LogP contribution in [0.4, 0.5) is 15.8 Å². The molecule has 2 aromatic carbocycles. The van der Waals surface area contributed by atoms with Crippen LogP contribution in [0.1, 0.15) is 12.5 Å². The molecule has 1 amide bonds. The molecule has 1 unspecified atom stereocenters. The van der Waals surface area contributed by atoms with E-state index >= 15 is 0 Å². The Morgan fingerprint density at radius 2 is 1.88 bits per heavy atom. The largest absolute Gasteiger partial charge is 0.378 e. The zero-order chi connectivity index (χ0) is 18.4. The van der Waals surface area contributed by atoms with E-state index in [1.54, 1.807) is 0 Å². The van der Waals surface area contributed by atoms with E-state index in [1.165, 1.54) is 18.2 Å². The summed E-state index contributed by atoms with van der Waals surface area (Å²) < 4.78 is 13.7. The number of benzene rings is 2. The Hall–Kier alpha value is -2.11.